The molecule has 0 bridgehead atoms. The molecule has 114 valence electrons. The van der Waals surface area contributed by atoms with Gasteiger partial charge in [0.25, 0.3) is 0 Å². The number of rotatable bonds is 3. The van der Waals surface area contributed by atoms with Gasteiger partial charge < -0.3 is 15.4 Å². The Kier molecular flexibility index (Phi) is 3.56. The zero-order valence-electron chi connectivity index (χ0n) is 13.2. The minimum Gasteiger partial charge on any atom is -0.496 e. The monoisotopic (exact) mass is 287 g/mol. The van der Waals surface area contributed by atoms with Gasteiger partial charge in [-0.3, -0.25) is 4.99 Å². The number of nitrogens with zero attached hydrogens (tertiary/aromatic N) is 2. The second kappa shape index (κ2) is 5.24. The molecule has 0 aromatic heterocycles. The molecular formula is C17H25N3O. The molecule has 1 aromatic rings. The van der Waals surface area contributed by atoms with Crippen LogP contribution in [0.3, 0.4) is 0 Å². The Morgan fingerprint density at radius 3 is 2.71 bits per heavy atom. The highest BCUT2D eigenvalue weighted by molar-refractivity contribution is 5.82. The third kappa shape index (κ3) is 2.27. The lowest BCUT2D eigenvalue weighted by Gasteiger charge is -2.41. The number of ether oxygens (including phenoxy) is 1. The predicted molar refractivity (Wildman–Crippen MR) is 85.7 cm³/mol. The van der Waals surface area contributed by atoms with E-state index in [4.69, 9.17) is 10.5 Å². The molecule has 2 aliphatic rings. The van der Waals surface area contributed by atoms with E-state index in [9.17, 15) is 0 Å². The zero-order chi connectivity index (χ0) is 15.0. The second-order valence-corrected chi connectivity index (χ2v) is 6.46. The highest BCUT2D eigenvalue weighted by Crippen LogP contribution is 2.42. The third-order valence-corrected chi connectivity index (χ3v) is 4.95. The predicted octanol–water partition coefficient (Wildman–Crippen LogP) is 2.79. The number of hydrogen-bond donors (Lipinski definition) is 1. The number of benzene rings is 1. The first-order chi connectivity index (χ1) is 10.1. The summed E-state index contributed by atoms with van der Waals surface area (Å²) in [5.74, 6) is 1.61. The Labute approximate surface area is 127 Å². The summed E-state index contributed by atoms with van der Waals surface area (Å²) in [4.78, 5) is 6.91. The molecule has 1 heterocycles. The van der Waals surface area contributed by atoms with Crippen molar-refractivity contribution in [3.63, 3.8) is 0 Å². The van der Waals surface area contributed by atoms with Crippen molar-refractivity contribution in [1.29, 1.82) is 0 Å². The van der Waals surface area contributed by atoms with Crippen LogP contribution in [0.4, 0.5) is 0 Å². The van der Waals surface area contributed by atoms with E-state index in [0.717, 1.165) is 5.75 Å². The number of nitrogens with two attached hydrogens (primary N) is 1. The largest absolute Gasteiger partial charge is 0.496 e. The minimum absolute atomic E-state index is 0.198. The molecule has 1 unspecified atom stereocenters. The molecule has 1 aliphatic heterocycles. The summed E-state index contributed by atoms with van der Waals surface area (Å²) < 4.78 is 5.61. The van der Waals surface area contributed by atoms with Gasteiger partial charge >= 0.3 is 0 Å². The Balaban J connectivity index is 2.04. The van der Waals surface area contributed by atoms with Crippen LogP contribution in [-0.2, 0) is 5.54 Å². The first kappa shape index (κ1) is 14.2. The van der Waals surface area contributed by atoms with Gasteiger partial charge in [-0.1, -0.05) is 24.5 Å². The van der Waals surface area contributed by atoms with Gasteiger partial charge in [-0.25, -0.2) is 0 Å². The molecule has 1 atom stereocenters. The van der Waals surface area contributed by atoms with Crippen LogP contribution in [0.1, 0.15) is 43.7 Å². The van der Waals surface area contributed by atoms with Gasteiger partial charge in [0.1, 0.15) is 5.75 Å². The first-order valence-corrected chi connectivity index (χ1v) is 7.80. The standard InChI is InChI=1S/C17H25N3O/c1-12-8-9-15(21-3)14(10-12)17(2)11-19-16(18)20(17)13-6-4-5-7-13/h8-10,13H,4-7,11H2,1-3H3,(H2,18,19). The Bertz CT molecular complexity index is 563. The van der Waals surface area contributed by atoms with Gasteiger partial charge in [0, 0.05) is 11.6 Å². The van der Waals surface area contributed by atoms with Crippen LogP contribution in [0.15, 0.2) is 23.2 Å². The highest BCUT2D eigenvalue weighted by Gasteiger charge is 2.45. The lowest BCUT2D eigenvalue weighted by atomic mass is 9.87. The summed E-state index contributed by atoms with van der Waals surface area (Å²) in [6, 6.07) is 6.86. The molecule has 1 fully saturated rings. The molecule has 3 rings (SSSR count). The van der Waals surface area contributed by atoms with Crippen molar-refractivity contribution < 1.29 is 4.74 Å². The fraction of sp³-hybridized carbons (Fsp3) is 0.588. The quantitative estimate of drug-likeness (QED) is 0.930. The third-order valence-electron chi connectivity index (χ3n) is 4.95. The maximum Gasteiger partial charge on any atom is 0.192 e. The lowest BCUT2D eigenvalue weighted by Crippen LogP contribution is -2.52. The Hall–Kier alpha value is -1.71. The Morgan fingerprint density at radius 1 is 1.33 bits per heavy atom. The molecular weight excluding hydrogens is 262 g/mol. The first-order valence-electron chi connectivity index (χ1n) is 7.80. The molecule has 0 saturated heterocycles. The fourth-order valence-corrected chi connectivity index (χ4v) is 3.85. The molecule has 0 radical (unpaired) electrons. The van der Waals surface area contributed by atoms with Gasteiger partial charge in [-0.2, -0.15) is 0 Å². The maximum absolute atomic E-state index is 6.24. The van der Waals surface area contributed by atoms with E-state index in [1.165, 1.54) is 36.8 Å². The molecule has 4 nitrogen and oxygen atoms in total. The number of aryl methyl sites for hydroxylation is 1. The van der Waals surface area contributed by atoms with Crippen LogP contribution in [0.5, 0.6) is 5.75 Å². The number of guanidine groups is 1. The Morgan fingerprint density at radius 2 is 2.05 bits per heavy atom. The average Bonchev–Trinajstić information content (AvgIpc) is 3.08. The number of aliphatic imine (C=N–C) groups is 1. The fourth-order valence-electron chi connectivity index (χ4n) is 3.85. The molecule has 1 saturated carbocycles. The lowest BCUT2D eigenvalue weighted by molar-refractivity contribution is 0.163. The summed E-state index contributed by atoms with van der Waals surface area (Å²) in [5.41, 5.74) is 8.47. The average molecular weight is 287 g/mol. The van der Waals surface area contributed by atoms with Crippen LogP contribution in [-0.4, -0.2) is 30.6 Å². The number of methoxy groups -OCH3 is 1. The minimum atomic E-state index is -0.198. The molecule has 1 aromatic carbocycles. The summed E-state index contributed by atoms with van der Waals surface area (Å²) in [5, 5.41) is 0. The van der Waals surface area contributed by atoms with Crippen molar-refractivity contribution in [2.75, 3.05) is 13.7 Å². The summed E-state index contributed by atoms with van der Waals surface area (Å²) in [7, 11) is 1.73. The molecule has 0 amide bonds. The molecule has 0 spiro atoms. The van der Waals surface area contributed by atoms with E-state index in [1.54, 1.807) is 7.11 Å². The van der Waals surface area contributed by atoms with E-state index in [1.807, 2.05) is 0 Å². The second-order valence-electron chi connectivity index (χ2n) is 6.46. The normalized spacial score (nSPS) is 26.2. The van der Waals surface area contributed by atoms with E-state index in [2.05, 4.69) is 41.9 Å². The van der Waals surface area contributed by atoms with Crippen molar-refractivity contribution >= 4 is 5.96 Å². The van der Waals surface area contributed by atoms with E-state index in [-0.39, 0.29) is 5.54 Å². The maximum atomic E-state index is 6.24. The van der Waals surface area contributed by atoms with Crippen molar-refractivity contribution in [1.82, 2.24) is 4.90 Å². The van der Waals surface area contributed by atoms with Crippen LogP contribution >= 0.6 is 0 Å². The molecule has 21 heavy (non-hydrogen) atoms. The highest BCUT2D eigenvalue weighted by atomic mass is 16.5. The van der Waals surface area contributed by atoms with Gasteiger partial charge in [-0.05, 0) is 38.8 Å². The van der Waals surface area contributed by atoms with Crippen molar-refractivity contribution in [3.8, 4) is 5.75 Å². The molecule has 4 heteroatoms. The van der Waals surface area contributed by atoms with Crippen molar-refractivity contribution in [3.05, 3.63) is 29.3 Å². The summed E-state index contributed by atoms with van der Waals surface area (Å²) >= 11 is 0. The topological polar surface area (TPSA) is 50.9 Å². The van der Waals surface area contributed by atoms with Crippen molar-refractivity contribution in [2.45, 2.75) is 51.1 Å². The van der Waals surface area contributed by atoms with Crippen molar-refractivity contribution in [2.24, 2.45) is 10.7 Å². The van der Waals surface area contributed by atoms with Gasteiger partial charge in [0.2, 0.25) is 0 Å². The van der Waals surface area contributed by atoms with Gasteiger partial charge in [-0.15, -0.1) is 0 Å². The van der Waals surface area contributed by atoms with Gasteiger partial charge in [0.05, 0.1) is 19.2 Å². The molecule has 1 aliphatic carbocycles. The summed E-state index contributed by atoms with van der Waals surface area (Å²) in [6.45, 7) is 5.06. The number of hydrogen-bond acceptors (Lipinski definition) is 4. The summed E-state index contributed by atoms with van der Waals surface area (Å²) in [6.07, 6.45) is 4.99. The van der Waals surface area contributed by atoms with E-state index in [0.29, 0.717) is 18.5 Å². The van der Waals surface area contributed by atoms with Crippen LogP contribution in [0, 0.1) is 6.92 Å². The molecule has 2 N–H and O–H groups in total. The van der Waals surface area contributed by atoms with Crippen LogP contribution in [0.25, 0.3) is 0 Å². The van der Waals surface area contributed by atoms with E-state index >= 15 is 0 Å². The zero-order valence-corrected chi connectivity index (χ0v) is 13.2. The SMILES string of the molecule is COc1ccc(C)cc1C1(C)CN=C(N)N1C1CCCC1. The van der Waals surface area contributed by atoms with Gasteiger partial charge in [0.15, 0.2) is 5.96 Å². The van der Waals surface area contributed by atoms with Crippen LogP contribution in [0.2, 0.25) is 0 Å². The van der Waals surface area contributed by atoms with E-state index < -0.39 is 0 Å². The van der Waals surface area contributed by atoms with Crippen LogP contribution < -0.4 is 10.5 Å². The smallest absolute Gasteiger partial charge is 0.192 e.